The van der Waals surface area contributed by atoms with Gasteiger partial charge >= 0.3 is 5.97 Å². The maximum Gasteiger partial charge on any atom is 0.323 e. The zero-order valence-electron chi connectivity index (χ0n) is 12.3. The molecule has 0 bridgehead atoms. The van der Waals surface area contributed by atoms with Gasteiger partial charge in [0.1, 0.15) is 6.04 Å². The number of rotatable bonds is 6. The van der Waals surface area contributed by atoms with E-state index in [-0.39, 0.29) is 12.0 Å². The second-order valence-electron chi connectivity index (χ2n) is 5.22. The highest BCUT2D eigenvalue weighted by atomic mass is 16.5. The average Bonchev–Trinajstić information content (AvgIpc) is 2.36. The van der Waals surface area contributed by atoms with Crippen LogP contribution >= 0.6 is 0 Å². The first-order chi connectivity index (χ1) is 8.60. The minimum Gasteiger partial charge on any atom is -0.465 e. The van der Waals surface area contributed by atoms with E-state index in [2.05, 4.69) is 30.6 Å². The molecule has 0 amide bonds. The van der Waals surface area contributed by atoms with Gasteiger partial charge in [0.15, 0.2) is 0 Å². The fourth-order valence-electron chi connectivity index (χ4n) is 2.53. The molecule has 0 radical (unpaired) electrons. The quantitative estimate of drug-likeness (QED) is 0.678. The van der Waals surface area contributed by atoms with Crippen LogP contribution in [0.1, 0.15) is 40.5 Å². The summed E-state index contributed by atoms with van der Waals surface area (Å²) < 4.78 is 5.19. The van der Waals surface area contributed by atoms with E-state index in [4.69, 9.17) is 4.74 Å². The van der Waals surface area contributed by atoms with Crippen molar-refractivity contribution in [1.82, 2.24) is 9.80 Å². The summed E-state index contributed by atoms with van der Waals surface area (Å²) in [6, 6.07) is 0.559. The van der Waals surface area contributed by atoms with Crippen LogP contribution in [-0.4, -0.2) is 60.6 Å². The molecular weight excluding hydrogens is 228 g/mol. The molecule has 18 heavy (non-hydrogen) atoms. The third kappa shape index (κ3) is 4.25. The van der Waals surface area contributed by atoms with E-state index in [1.54, 1.807) is 0 Å². The van der Waals surface area contributed by atoms with Gasteiger partial charge in [0.25, 0.3) is 0 Å². The Balaban J connectivity index is 2.52. The van der Waals surface area contributed by atoms with Gasteiger partial charge in [-0.3, -0.25) is 14.6 Å². The minimum absolute atomic E-state index is 0.0377. The van der Waals surface area contributed by atoms with Crippen molar-refractivity contribution in [3.05, 3.63) is 0 Å². The fraction of sp³-hybridized carbons (Fsp3) is 0.929. The van der Waals surface area contributed by atoms with Crippen molar-refractivity contribution in [2.45, 2.75) is 52.6 Å². The Bertz CT molecular complexity index is 248. The van der Waals surface area contributed by atoms with Crippen LogP contribution in [0.3, 0.4) is 0 Å². The number of carbonyl (C=O) groups excluding carboxylic acids is 1. The largest absolute Gasteiger partial charge is 0.465 e. The molecule has 1 atom stereocenters. The summed E-state index contributed by atoms with van der Waals surface area (Å²) in [5.74, 6) is -0.0441. The summed E-state index contributed by atoms with van der Waals surface area (Å²) in [5, 5.41) is 0. The third-order valence-electron chi connectivity index (χ3n) is 3.64. The van der Waals surface area contributed by atoms with E-state index < -0.39 is 0 Å². The first-order valence-electron chi connectivity index (χ1n) is 7.24. The summed E-state index contributed by atoms with van der Waals surface area (Å²) in [6.45, 7) is 13.0. The van der Waals surface area contributed by atoms with Crippen molar-refractivity contribution >= 4 is 5.97 Å². The molecule has 4 nitrogen and oxygen atoms in total. The first kappa shape index (κ1) is 15.4. The van der Waals surface area contributed by atoms with E-state index in [0.29, 0.717) is 12.6 Å². The molecule has 1 rings (SSSR count). The highest BCUT2D eigenvalue weighted by Gasteiger charge is 2.29. The molecule has 1 aliphatic rings. The van der Waals surface area contributed by atoms with Crippen LogP contribution in [0.25, 0.3) is 0 Å². The Morgan fingerprint density at radius 2 is 1.67 bits per heavy atom. The second kappa shape index (κ2) is 7.74. The molecule has 0 aromatic rings. The van der Waals surface area contributed by atoms with Gasteiger partial charge in [-0.2, -0.15) is 0 Å². The van der Waals surface area contributed by atoms with Gasteiger partial charge < -0.3 is 4.74 Å². The molecule has 0 aromatic carbocycles. The van der Waals surface area contributed by atoms with Gasteiger partial charge in [-0.25, -0.2) is 0 Å². The topological polar surface area (TPSA) is 32.8 Å². The van der Waals surface area contributed by atoms with Crippen LogP contribution in [0.4, 0.5) is 0 Å². The number of piperazine rings is 1. The molecule has 1 saturated heterocycles. The Labute approximate surface area is 111 Å². The summed E-state index contributed by atoms with van der Waals surface area (Å²) in [6.07, 6.45) is 1.92. The summed E-state index contributed by atoms with van der Waals surface area (Å²) in [5.41, 5.74) is 0. The van der Waals surface area contributed by atoms with E-state index in [1.807, 2.05) is 6.92 Å². The standard InChI is InChI=1S/C14H28N2O2/c1-5-7-13(14(17)18-6-2)16-10-8-15(9-11-16)12(3)4/h12-13H,5-11H2,1-4H3. The van der Waals surface area contributed by atoms with Gasteiger partial charge in [-0.1, -0.05) is 13.3 Å². The zero-order valence-corrected chi connectivity index (χ0v) is 12.3. The second-order valence-corrected chi connectivity index (χ2v) is 5.22. The molecule has 1 heterocycles. The maximum atomic E-state index is 12.0. The van der Waals surface area contributed by atoms with Gasteiger partial charge in [-0.15, -0.1) is 0 Å². The normalized spacial score (nSPS) is 20.1. The molecular formula is C14H28N2O2. The van der Waals surface area contributed by atoms with E-state index in [0.717, 1.165) is 39.0 Å². The minimum atomic E-state index is -0.0441. The predicted octanol–water partition coefficient (Wildman–Crippen LogP) is 1.74. The zero-order chi connectivity index (χ0) is 13.5. The van der Waals surface area contributed by atoms with Crippen LogP contribution in [0.5, 0.6) is 0 Å². The lowest BCUT2D eigenvalue weighted by Gasteiger charge is -2.39. The van der Waals surface area contributed by atoms with Crippen LogP contribution in [0.2, 0.25) is 0 Å². The van der Waals surface area contributed by atoms with Gasteiger partial charge in [0.05, 0.1) is 6.61 Å². The monoisotopic (exact) mass is 256 g/mol. The SMILES string of the molecule is CCCC(C(=O)OCC)N1CCN(C(C)C)CC1. The highest BCUT2D eigenvalue weighted by molar-refractivity contribution is 5.75. The molecule has 0 aromatic heterocycles. The van der Waals surface area contributed by atoms with Crippen molar-refractivity contribution in [1.29, 1.82) is 0 Å². The maximum absolute atomic E-state index is 12.0. The van der Waals surface area contributed by atoms with Gasteiger partial charge in [-0.05, 0) is 27.2 Å². The molecule has 106 valence electrons. The number of hydrogen-bond acceptors (Lipinski definition) is 4. The summed E-state index contributed by atoms with van der Waals surface area (Å²) in [4.78, 5) is 16.7. The number of esters is 1. The number of ether oxygens (including phenoxy) is 1. The van der Waals surface area contributed by atoms with Crippen LogP contribution in [0, 0.1) is 0 Å². The Kier molecular flexibility index (Phi) is 6.65. The molecule has 0 spiro atoms. The Morgan fingerprint density at radius 1 is 1.11 bits per heavy atom. The van der Waals surface area contributed by atoms with Crippen molar-refractivity contribution < 1.29 is 9.53 Å². The van der Waals surface area contributed by atoms with Crippen LogP contribution in [-0.2, 0) is 9.53 Å². The third-order valence-corrected chi connectivity index (χ3v) is 3.64. The number of carbonyl (C=O) groups is 1. The lowest BCUT2D eigenvalue weighted by Crippen LogP contribution is -2.54. The highest BCUT2D eigenvalue weighted by Crippen LogP contribution is 2.14. The van der Waals surface area contributed by atoms with E-state index in [1.165, 1.54) is 0 Å². The first-order valence-corrected chi connectivity index (χ1v) is 7.24. The smallest absolute Gasteiger partial charge is 0.323 e. The van der Waals surface area contributed by atoms with Crippen molar-refractivity contribution in [2.24, 2.45) is 0 Å². The van der Waals surface area contributed by atoms with Crippen molar-refractivity contribution in [2.75, 3.05) is 32.8 Å². The molecule has 1 fully saturated rings. The van der Waals surface area contributed by atoms with Crippen LogP contribution < -0.4 is 0 Å². The predicted molar refractivity (Wildman–Crippen MR) is 73.6 cm³/mol. The molecule has 0 aliphatic carbocycles. The Morgan fingerprint density at radius 3 is 2.11 bits per heavy atom. The fourth-order valence-corrected chi connectivity index (χ4v) is 2.53. The molecule has 1 aliphatic heterocycles. The number of nitrogens with zero attached hydrogens (tertiary/aromatic N) is 2. The van der Waals surface area contributed by atoms with Crippen molar-refractivity contribution in [3.8, 4) is 0 Å². The van der Waals surface area contributed by atoms with E-state index >= 15 is 0 Å². The molecule has 0 N–H and O–H groups in total. The number of hydrogen-bond donors (Lipinski definition) is 0. The molecule has 1 unspecified atom stereocenters. The van der Waals surface area contributed by atoms with Crippen LogP contribution in [0.15, 0.2) is 0 Å². The van der Waals surface area contributed by atoms with Crippen molar-refractivity contribution in [3.63, 3.8) is 0 Å². The van der Waals surface area contributed by atoms with Gasteiger partial charge in [0, 0.05) is 32.2 Å². The molecule has 4 heteroatoms. The lowest BCUT2D eigenvalue weighted by atomic mass is 10.1. The van der Waals surface area contributed by atoms with Gasteiger partial charge in [0.2, 0.25) is 0 Å². The summed E-state index contributed by atoms with van der Waals surface area (Å²) >= 11 is 0. The average molecular weight is 256 g/mol. The molecule has 0 saturated carbocycles. The van der Waals surface area contributed by atoms with E-state index in [9.17, 15) is 4.79 Å². The lowest BCUT2D eigenvalue weighted by molar-refractivity contribution is -0.150. The summed E-state index contributed by atoms with van der Waals surface area (Å²) in [7, 11) is 0. The Hall–Kier alpha value is -0.610.